The largest absolute Gasteiger partial charge is 0.206 e. The first-order valence-corrected chi connectivity index (χ1v) is 9.51. The minimum atomic E-state index is -0.746. The van der Waals surface area contributed by atoms with Crippen LogP contribution in [0.2, 0.25) is 5.02 Å². The van der Waals surface area contributed by atoms with E-state index in [1.165, 1.54) is 36.4 Å². The van der Waals surface area contributed by atoms with Crippen molar-refractivity contribution >= 4 is 11.6 Å². The molecule has 0 radical (unpaired) electrons. The first-order valence-electron chi connectivity index (χ1n) is 9.14. The molecule has 0 unspecified atom stereocenters. The van der Waals surface area contributed by atoms with Gasteiger partial charge in [-0.1, -0.05) is 48.6 Å². The van der Waals surface area contributed by atoms with Crippen molar-refractivity contribution in [2.75, 3.05) is 0 Å². The van der Waals surface area contributed by atoms with Crippen LogP contribution in [0.15, 0.2) is 48.5 Å². The lowest BCUT2D eigenvalue weighted by Gasteiger charge is -2.02. The number of benzene rings is 3. The topological polar surface area (TPSA) is 0 Å². The van der Waals surface area contributed by atoms with Gasteiger partial charge < -0.3 is 0 Å². The van der Waals surface area contributed by atoms with Crippen LogP contribution in [0, 0.1) is 47.0 Å². The molecule has 0 aromatic heterocycles. The van der Waals surface area contributed by atoms with Crippen LogP contribution in [0.1, 0.15) is 41.2 Å². The van der Waals surface area contributed by atoms with E-state index >= 15 is 0 Å². The molecule has 0 N–H and O–H groups in total. The molecule has 0 heterocycles. The molecule has 0 aliphatic carbocycles. The summed E-state index contributed by atoms with van der Waals surface area (Å²) in [6, 6.07) is 10.6. The van der Waals surface area contributed by atoms with E-state index in [9.17, 15) is 17.6 Å². The highest BCUT2D eigenvalue weighted by molar-refractivity contribution is 6.30. The minimum Gasteiger partial charge on any atom is -0.206 e. The minimum absolute atomic E-state index is 0.0254. The van der Waals surface area contributed by atoms with Gasteiger partial charge in [0.2, 0.25) is 0 Å². The molecule has 0 nitrogen and oxygen atoms in total. The third-order valence-corrected chi connectivity index (χ3v) is 4.51. The zero-order chi connectivity index (χ0) is 21.7. The van der Waals surface area contributed by atoms with Gasteiger partial charge in [0.1, 0.15) is 23.3 Å². The molecular formula is C25H15ClF4. The number of hydrogen-bond donors (Lipinski definition) is 0. The molecule has 0 fully saturated rings. The van der Waals surface area contributed by atoms with Crippen molar-refractivity contribution < 1.29 is 17.6 Å². The maximum atomic E-state index is 14.3. The second kappa shape index (κ2) is 9.53. The summed E-state index contributed by atoms with van der Waals surface area (Å²) in [6.07, 6.45) is 1.34. The molecule has 0 aliphatic rings. The summed E-state index contributed by atoms with van der Waals surface area (Å²) in [4.78, 5) is 0. The molecule has 0 amide bonds. The fraction of sp³-hybridized carbons (Fsp3) is 0.120. The van der Waals surface area contributed by atoms with Crippen LogP contribution in [0.5, 0.6) is 0 Å². The van der Waals surface area contributed by atoms with Gasteiger partial charge in [0.15, 0.2) is 0 Å². The van der Waals surface area contributed by atoms with Crippen LogP contribution < -0.4 is 0 Å². The van der Waals surface area contributed by atoms with E-state index in [4.69, 9.17) is 11.6 Å². The van der Waals surface area contributed by atoms with Crippen molar-refractivity contribution in [2.24, 2.45) is 0 Å². The Hall–Kier alpha value is -3.21. The van der Waals surface area contributed by atoms with E-state index in [0.29, 0.717) is 17.5 Å². The predicted molar refractivity (Wildman–Crippen MR) is 110 cm³/mol. The molecule has 3 aromatic carbocycles. The van der Waals surface area contributed by atoms with Crippen molar-refractivity contribution in [3.8, 4) is 23.7 Å². The first-order chi connectivity index (χ1) is 14.4. The van der Waals surface area contributed by atoms with Gasteiger partial charge in [-0.3, -0.25) is 0 Å². The molecule has 0 saturated heterocycles. The zero-order valence-corrected chi connectivity index (χ0v) is 16.7. The summed E-state index contributed by atoms with van der Waals surface area (Å²) in [6.45, 7) is 1.92. The van der Waals surface area contributed by atoms with Gasteiger partial charge in [0.05, 0.1) is 16.1 Å². The number of rotatable bonds is 2. The first kappa shape index (κ1) is 21.5. The molecule has 0 saturated carbocycles. The fourth-order valence-electron chi connectivity index (χ4n) is 2.72. The Morgan fingerprint density at radius 2 is 1.30 bits per heavy atom. The smallest absolute Gasteiger partial charge is 0.143 e. The lowest BCUT2D eigenvalue weighted by atomic mass is 10.1. The van der Waals surface area contributed by atoms with E-state index in [-0.39, 0.29) is 21.7 Å². The van der Waals surface area contributed by atoms with Crippen LogP contribution >= 0.6 is 11.6 Å². The highest BCUT2D eigenvalue weighted by Gasteiger charge is 2.09. The van der Waals surface area contributed by atoms with Gasteiger partial charge in [0, 0.05) is 11.1 Å². The summed E-state index contributed by atoms with van der Waals surface area (Å²) in [7, 11) is 0. The third-order valence-electron chi connectivity index (χ3n) is 4.20. The van der Waals surface area contributed by atoms with Gasteiger partial charge in [-0.25, -0.2) is 17.6 Å². The summed E-state index contributed by atoms with van der Waals surface area (Å²) >= 11 is 5.61. The average molecular weight is 427 g/mol. The van der Waals surface area contributed by atoms with Gasteiger partial charge in [-0.15, -0.1) is 0 Å². The van der Waals surface area contributed by atoms with Crippen molar-refractivity contribution in [2.45, 2.75) is 19.8 Å². The van der Waals surface area contributed by atoms with Crippen LogP contribution in [0.4, 0.5) is 17.6 Å². The Kier molecular flexibility index (Phi) is 6.83. The summed E-state index contributed by atoms with van der Waals surface area (Å²) in [5, 5.41) is -0.0254. The second-order valence-electron chi connectivity index (χ2n) is 6.51. The fourth-order valence-corrected chi connectivity index (χ4v) is 2.84. The van der Waals surface area contributed by atoms with Gasteiger partial charge in [-0.05, 0) is 60.5 Å². The molecule has 30 heavy (non-hydrogen) atoms. The highest BCUT2D eigenvalue weighted by atomic mass is 35.5. The monoisotopic (exact) mass is 426 g/mol. The maximum Gasteiger partial charge on any atom is 0.143 e. The summed E-state index contributed by atoms with van der Waals surface area (Å²) in [5.41, 5.74) is 0.873. The maximum absolute atomic E-state index is 14.3. The zero-order valence-electron chi connectivity index (χ0n) is 15.9. The quantitative estimate of drug-likeness (QED) is 0.318. The number of halogens is 5. The van der Waals surface area contributed by atoms with Crippen LogP contribution in [0.25, 0.3) is 0 Å². The standard InChI is InChI=1S/C25H15ClF4/c1-2-3-18-14-23(28)20(24(29)15-18)10-6-16-4-8-19(22(27)12-16)9-5-17-7-11-21(26)25(30)13-17/h4,7-8,11-15H,2-3H2,1H3. The van der Waals surface area contributed by atoms with Crippen molar-refractivity contribution in [1.29, 1.82) is 0 Å². The van der Waals surface area contributed by atoms with Crippen LogP contribution in [0.3, 0.4) is 0 Å². The van der Waals surface area contributed by atoms with Crippen molar-refractivity contribution in [1.82, 2.24) is 0 Å². The van der Waals surface area contributed by atoms with E-state index in [2.05, 4.69) is 23.7 Å². The van der Waals surface area contributed by atoms with E-state index < -0.39 is 23.3 Å². The Morgan fingerprint density at radius 1 is 0.700 bits per heavy atom. The molecule has 3 aromatic rings. The number of hydrogen-bond acceptors (Lipinski definition) is 0. The lowest BCUT2D eigenvalue weighted by Crippen LogP contribution is -1.95. The van der Waals surface area contributed by atoms with Gasteiger partial charge in [-0.2, -0.15) is 0 Å². The Labute approximate surface area is 177 Å². The molecule has 5 heteroatoms. The predicted octanol–water partition coefficient (Wildman–Crippen LogP) is 6.65. The molecule has 0 spiro atoms. The van der Waals surface area contributed by atoms with E-state index in [0.717, 1.165) is 18.6 Å². The molecular weight excluding hydrogens is 412 g/mol. The Balaban J connectivity index is 1.84. The highest BCUT2D eigenvalue weighted by Crippen LogP contribution is 2.17. The van der Waals surface area contributed by atoms with Crippen molar-refractivity contribution in [3.05, 3.63) is 105 Å². The summed E-state index contributed by atoms with van der Waals surface area (Å²) < 4.78 is 56.0. The summed E-state index contributed by atoms with van der Waals surface area (Å²) in [5.74, 6) is 7.50. The Bertz CT molecular complexity index is 1200. The van der Waals surface area contributed by atoms with Crippen LogP contribution in [-0.4, -0.2) is 0 Å². The average Bonchev–Trinajstić information content (AvgIpc) is 2.69. The van der Waals surface area contributed by atoms with E-state index in [1.54, 1.807) is 0 Å². The molecule has 0 aliphatic heterocycles. The molecule has 150 valence electrons. The molecule has 0 bridgehead atoms. The van der Waals surface area contributed by atoms with Gasteiger partial charge >= 0.3 is 0 Å². The molecule has 3 rings (SSSR count). The van der Waals surface area contributed by atoms with Crippen LogP contribution in [-0.2, 0) is 6.42 Å². The van der Waals surface area contributed by atoms with Crippen molar-refractivity contribution in [3.63, 3.8) is 0 Å². The lowest BCUT2D eigenvalue weighted by molar-refractivity contribution is 0.573. The Morgan fingerprint density at radius 3 is 1.90 bits per heavy atom. The van der Waals surface area contributed by atoms with Gasteiger partial charge in [0.25, 0.3) is 0 Å². The molecule has 0 atom stereocenters. The number of aryl methyl sites for hydroxylation is 1. The SMILES string of the molecule is CCCc1cc(F)c(C#Cc2ccc(C#Cc3ccc(Cl)c(F)c3)c(F)c2)c(F)c1. The second-order valence-corrected chi connectivity index (χ2v) is 6.92. The van der Waals surface area contributed by atoms with E-state index in [1.807, 2.05) is 6.92 Å². The normalized spacial score (nSPS) is 10.1. The third kappa shape index (κ3) is 5.23.